The Morgan fingerprint density at radius 3 is 2.60 bits per heavy atom. The van der Waals surface area contributed by atoms with Crippen molar-refractivity contribution in [1.29, 1.82) is 0 Å². The minimum Gasteiger partial charge on any atom is -0.326 e. The molecule has 2 N–H and O–H groups in total. The molecule has 2 rings (SSSR count). The average Bonchev–Trinajstić information content (AvgIpc) is 2.42. The maximum atomic E-state index is 13.4. The van der Waals surface area contributed by atoms with Gasteiger partial charge in [0, 0.05) is 25.2 Å². The monoisotopic (exact) mass is 279 g/mol. The first-order valence-corrected chi connectivity index (χ1v) is 7.43. The fourth-order valence-corrected chi connectivity index (χ4v) is 2.98. The Labute approximate surface area is 121 Å². The zero-order valence-electron chi connectivity index (χ0n) is 12.6. The summed E-state index contributed by atoms with van der Waals surface area (Å²) in [4.78, 5) is 4.73. The second-order valence-electron chi connectivity index (χ2n) is 6.11. The van der Waals surface area contributed by atoms with Crippen LogP contribution in [0.15, 0.2) is 18.2 Å². The van der Waals surface area contributed by atoms with Gasteiger partial charge in [-0.2, -0.15) is 0 Å². The van der Waals surface area contributed by atoms with Crippen LogP contribution >= 0.6 is 0 Å². The molecule has 1 aliphatic rings. The Bertz CT molecular complexity index is 426. The molecule has 1 aromatic carbocycles. The van der Waals surface area contributed by atoms with Crippen LogP contribution in [-0.2, 0) is 13.1 Å². The standard InChI is InChI=1S/C16H26FN3/c1-19(2)11-13-5-7-20(8-6-13)12-14-3-4-16(17)15(9-14)10-18/h3-4,9,13H,5-8,10-12,18H2,1-2H3. The fraction of sp³-hybridized carbons (Fsp3) is 0.625. The molecular formula is C16H26FN3. The zero-order chi connectivity index (χ0) is 14.5. The second kappa shape index (κ2) is 7.16. The highest BCUT2D eigenvalue weighted by Crippen LogP contribution is 2.20. The van der Waals surface area contributed by atoms with Gasteiger partial charge < -0.3 is 10.6 Å². The van der Waals surface area contributed by atoms with Gasteiger partial charge in [0.2, 0.25) is 0 Å². The van der Waals surface area contributed by atoms with Crippen molar-refractivity contribution in [2.24, 2.45) is 11.7 Å². The van der Waals surface area contributed by atoms with Gasteiger partial charge in [-0.25, -0.2) is 4.39 Å². The normalized spacial score (nSPS) is 17.9. The second-order valence-corrected chi connectivity index (χ2v) is 6.11. The quantitative estimate of drug-likeness (QED) is 0.895. The first-order chi connectivity index (χ1) is 9.58. The average molecular weight is 279 g/mol. The number of nitrogens with zero attached hydrogens (tertiary/aromatic N) is 2. The maximum absolute atomic E-state index is 13.4. The van der Waals surface area contributed by atoms with Gasteiger partial charge in [-0.3, -0.25) is 4.90 Å². The smallest absolute Gasteiger partial charge is 0.127 e. The lowest BCUT2D eigenvalue weighted by Gasteiger charge is -2.33. The van der Waals surface area contributed by atoms with Crippen molar-refractivity contribution in [2.45, 2.75) is 25.9 Å². The van der Waals surface area contributed by atoms with E-state index in [2.05, 4.69) is 23.9 Å². The number of nitrogens with two attached hydrogens (primary N) is 1. The van der Waals surface area contributed by atoms with Crippen molar-refractivity contribution < 1.29 is 4.39 Å². The first-order valence-electron chi connectivity index (χ1n) is 7.43. The molecule has 0 amide bonds. The van der Waals surface area contributed by atoms with Crippen molar-refractivity contribution >= 4 is 0 Å². The van der Waals surface area contributed by atoms with Gasteiger partial charge in [0.1, 0.15) is 5.82 Å². The maximum Gasteiger partial charge on any atom is 0.127 e. The Balaban J connectivity index is 1.86. The lowest BCUT2D eigenvalue weighted by Crippen LogP contribution is -2.36. The van der Waals surface area contributed by atoms with E-state index in [1.165, 1.54) is 25.5 Å². The molecule has 0 bridgehead atoms. The molecule has 112 valence electrons. The molecule has 0 spiro atoms. The van der Waals surface area contributed by atoms with Gasteiger partial charge in [0.25, 0.3) is 0 Å². The lowest BCUT2D eigenvalue weighted by molar-refractivity contribution is 0.157. The molecule has 0 atom stereocenters. The van der Waals surface area contributed by atoms with E-state index in [0.717, 1.165) is 31.1 Å². The summed E-state index contributed by atoms with van der Waals surface area (Å²) >= 11 is 0. The number of benzene rings is 1. The van der Waals surface area contributed by atoms with Crippen LogP contribution in [0.25, 0.3) is 0 Å². The molecule has 0 unspecified atom stereocenters. The minimum absolute atomic E-state index is 0.194. The molecule has 0 saturated carbocycles. The van der Waals surface area contributed by atoms with Crippen LogP contribution in [0.2, 0.25) is 0 Å². The molecule has 20 heavy (non-hydrogen) atoms. The van der Waals surface area contributed by atoms with Crippen molar-refractivity contribution in [3.05, 3.63) is 35.1 Å². The number of hydrogen-bond acceptors (Lipinski definition) is 3. The van der Waals surface area contributed by atoms with E-state index in [0.29, 0.717) is 5.56 Å². The first kappa shape index (κ1) is 15.4. The predicted molar refractivity (Wildman–Crippen MR) is 80.8 cm³/mol. The van der Waals surface area contributed by atoms with E-state index in [1.807, 2.05) is 12.1 Å². The highest BCUT2D eigenvalue weighted by atomic mass is 19.1. The van der Waals surface area contributed by atoms with E-state index >= 15 is 0 Å². The van der Waals surface area contributed by atoms with Crippen LogP contribution in [0.5, 0.6) is 0 Å². The SMILES string of the molecule is CN(C)CC1CCN(Cc2ccc(F)c(CN)c2)CC1. The summed E-state index contributed by atoms with van der Waals surface area (Å²) in [5.41, 5.74) is 7.34. The number of hydrogen-bond donors (Lipinski definition) is 1. The molecular weight excluding hydrogens is 253 g/mol. The Morgan fingerprint density at radius 1 is 1.30 bits per heavy atom. The minimum atomic E-state index is -0.194. The van der Waals surface area contributed by atoms with E-state index in [1.54, 1.807) is 0 Å². The van der Waals surface area contributed by atoms with E-state index in [4.69, 9.17) is 5.73 Å². The summed E-state index contributed by atoms with van der Waals surface area (Å²) in [6.07, 6.45) is 2.51. The van der Waals surface area contributed by atoms with Crippen molar-refractivity contribution in [3.8, 4) is 0 Å². The topological polar surface area (TPSA) is 32.5 Å². The molecule has 1 aliphatic heterocycles. The predicted octanol–water partition coefficient (Wildman–Crippen LogP) is 2.06. The summed E-state index contributed by atoms with van der Waals surface area (Å²) in [6.45, 7) is 4.62. The largest absolute Gasteiger partial charge is 0.326 e. The lowest BCUT2D eigenvalue weighted by atomic mass is 9.96. The Kier molecular flexibility index (Phi) is 5.52. The van der Waals surface area contributed by atoms with Gasteiger partial charge >= 0.3 is 0 Å². The number of piperidine rings is 1. The van der Waals surface area contributed by atoms with Crippen LogP contribution in [-0.4, -0.2) is 43.5 Å². The zero-order valence-corrected chi connectivity index (χ0v) is 12.6. The summed E-state index contributed by atoms with van der Waals surface area (Å²) in [6, 6.07) is 5.32. The molecule has 1 saturated heterocycles. The van der Waals surface area contributed by atoms with Crippen LogP contribution in [0, 0.1) is 11.7 Å². The summed E-state index contributed by atoms with van der Waals surface area (Å²) < 4.78 is 13.4. The summed E-state index contributed by atoms with van der Waals surface area (Å²) in [7, 11) is 4.28. The van der Waals surface area contributed by atoms with Crippen LogP contribution in [0.4, 0.5) is 4.39 Å². The Hall–Kier alpha value is -0.970. The van der Waals surface area contributed by atoms with Crippen molar-refractivity contribution in [1.82, 2.24) is 9.80 Å². The van der Waals surface area contributed by atoms with Crippen molar-refractivity contribution in [2.75, 3.05) is 33.7 Å². The summed E-state index contributed by atoms with van der Waals surface area (Å²) in [5.74, 6) is 0.620. The number of likely N-dealkylation sites (tertiary alicyclic amines) is 1. The third kappa shape index (κ3) is 4.27. The Morgan fingerprint density at radius 2 is 2.00 bits per heavy atom. The van der Waals surface area contributed by atoms with Crippen LogP contribution in [0.1, 0.15) is 24.0 Å². The van der Waals surface area contributed by atoms with Crippen LogP contribution in [0.3, 0.4) is 0 Å². The van der Waals surface area contributed by atoms with Gasteiger partial charge in [0.05, 0.1) is 0 Å². The molecule has 3 nitrogen and oxygen atoms in total. The molecule has 0 aromatic heterocycles. The van der Waals surface area contributed by atoms with Gasteiger partial charge in [-0.15, -0.1) is 0 Å². The van der Waals surface area contributed by atoms with Crippen molar-refractivity contribution in [3.63, 3.8) is 0 Å². The molecule has 1 fully saturated rings. The third-order valence-electron chi connectivity index (χ3n) is 4.07. The molecule has 1 aromatic rings. The molecule has 1 heterocycles. The molecule has 4 heteroatoms. The summed E-state index contributed by atoms with van der Waals surface area (Å²) in [5, 5.41) is 0. The fourth-order valence-electron chi connectivity index (χ4n) is 2.98. The van der Waals surface area contributed by atoms with Gasteiger partial charge in [0.15, 0.2) is 0 Å². The number of halogens is 1. The van der Waals surface area contributed by atoms with E-state index in [9.17, 15) is 4.39 Å². The highest BCUT2D eigenvalue weighted by Gasteiger charge is 2.19. The van der Waals surface area contributed by atoms with Crippen LogP contribution < -0.4 is 5.73 Å². The third-order valence-corrected chi connectivity index (χ3v) is 4.07. The van der Waals surface area contributed by atoms with E-state index in [-0.39, 0.29) is 12.4 Å². The highest BCUT2D eigenvalue weighted by molar-refractivity contribution is 5.25. The van der Waals surface area contributed by atoms with E-state index < -0.39 is 0 Å². The molecule has 0 aliphatic carbocycles. The van der Waals surface area contributed by atoms with Gasteiger partial charge in [-0.05, 0) is 57.6 Å². The molecule has 0 radical (unpaired) electrons. The number of rotatable bonds is 5. The van der Waals surface area contributed by atoms with Gasteiger partial charge in [-0.1, -0.05) is 12.1 Å².